The molecule has 2 rings (SSSR count). The van der Waals surface area contributed by atoms with E-state index in [1.165, 1.54) is 30.3 Å². The van der Waals surface area contributed by atoms with Crippen molar-refractivity contribution in [3.05, 3.63) is 63.1 Å². The molecule has 10 heteroatoms. The van der Waals surface area contributed by atoms with Crippen molar-refractivity contribution in [2.45, 2.75) is 24.8 Å². The molecule has 0 fully saturated rings. The van der Waals surface area contributed by atoms with Gasteiger partial charge >= 0.3 is 0 Å². The van der Waals surface area contributed by atoms with Gasteiger partial charge in [-0.2, -0.15) is 4.31 Å². The summed E-state index contributed by atoms with van der Waals surface area (Å²) in [6, 6.07) is 10.5. The number of ether oxygens (including phenoxy) is 1. The van der Waals surface area contributed by atoms with Gasteiger partial charge in [0.05, 0.1) is 11.4 Å². The summed E-state index contributed by atoms with van der Waals surface area (Å²) < 4.78 is 32.7. The summed E-state index contributed by atoms with van der Waals surface area (Å²) in [7, 11) is -3.98. The van der Waals surface area contributed by atoms with Crippen LogP contribution in [0.15, 0.2) is 47.4 Å². The smallest absolute Gasteiger partial charge is 0.243 e. The number of sulfonamides is 1. The highest BCUT2D eigenvalue weighted by atomic mass is 35.5. The first-order chi connectivity index (χ1) is 14.2. The van der Waals surface area contributed by atoms with Crippen molar-refractivity contribution in [3.63, 3.8) is 0 Å². The molecule has 0 atom stereocenters. The number of hydrogen-bond acceptors (Lipinski definition) is 4. The lowest BCUT2D eigenvalue weighted by atomic mass is 10.2. The second-order valence-corrected chi connectivity index (χ2v) is 9.58. The summed E-state index contributed by atoms with van der Waals surface area (Å²) in [6.07, 6.45) is 0.631. The largest absolute Gasteiger partial charge is 0.382 e. The van der Waals surface area contributed by atoms with Gasteiger partial charge in [-0.15, -0.1) is 0 Å². The Balaban J connectivity index is 2.21. The maximum absolute atomic E-state index is 13.2. The molecule has 0 aliphatic rings. The zero-order valence-corrected chi connectivity index (χ0v) is 19.5. The number of carbonyl (C=O) groups excluding carboxylic acids is 1. The third kappa shape index (κ3) is 7.41. The number of hydrogen-bond donors (Lipinski definition) is 1. The molecule has 0 saturated heterocycles. The number of benzene rings is 2. The third-order valence-corrected chi connectivity index (χ3v) is 6.77. The van der Waals surface area contributed by atoms with Gasteiger partial charge in [-0.3, -0.25) is 4.79 Å². The van der Waals surface area contributed by atoms with Crippen molar-refractivity contribution in [1.29, 1.82) is 0 Å². The normalized spacial score (nSPS) is 11.6. The van der Waals surface area contributed by atoms with Gasteiger partial charge in [-0.25, -0.2) is 8.42 Å². The van der Waals surface area contributed by atoms with Crippen LogP contribution in [0.1, 0.15) is 18.9 Å². The van der Waals surface area contributed by atoms with Gasteiger partial charge in [0.15, 0.2) is 0 Å². The average Bonchev–Trinajstić information content (AvgIpc) is 2.69. The van der Waals surface area contributed by atoms with Crippen molar-refractivity contribution >= 4 is 50.7 Å². The molecule has 2 aromatic carbocycles. The number of halogens is 3. The molecule has 1 amide bonds. The predicted molar refractivity (Wildman–Crippen MR) is 120 cm³/mol. The Morgan fingerprint density at radius 3 is 2.37 bits per heavy atom. The highest BCUT2D eigenvalue weighted by Crippen LogP contribution is 2.25. The first-order valence-corrected chi connectivity index (χ1v) is 11.9. The van der Waals surface area contributed by atoms with Gasteiger partial charge in [0.25, 0.3) is 0 Å². The second-order valence-electron chi connectivity index (χ2n) is 6.36. The molecule has 0 bridgehead atoms. The Hall–Kier alpha value is -1.35. The Labute approximate surface area is 192 Å². The number of rotatable bonds is 11. The quantitative estimate of drug-likeness (QED) is 0.471. The Morgan fingerprint density at radius 2 is 1.73 bits per heavy atom. The highest BCUT2D eigenvalue weighted by Gasteiger charge is 2.27. The standard InChI is InChI=1S/C20H23Cl3N2O4S/c1-2-29-11-3-10-24-20(26)14-25(13-15-4-5-17(22)12-19(15)23)30(27,28)18-8-6-16(21)7-9-18/h4-9,12H,2-3,10-11,13-14H2,1H3,(H,24,26). The Morgan fingerprint density at radius 1 is 1.07 bits per heavy atom. The molecular formula is C20H23Cl3N2O4S. The van der Waals surface area contributed by atoms with Crippen LogP contribution in [0, 0.1) is 0 Å². The lowest BCUT2D eigenvalue weighted by Gasteiger charge is -2.22. The van der Waals surface area contributed by atoms with E-state index in [0.717, 1.165) is 4.31 Å². The minimum atomic E-state index is -3.98. The molecule has 0 radical (unpaired) electrons. The first kappa shape index (κ1) is 24.9. The molecule has 0 heterocycles. The van der Waals surface area contributed by atoms with E-state index in [-0.39, 0.29) is 18.0 Å². The van der Waals surface area contributed by atoms with Crippen LogP contribution in [0.5, 0.6) is 0 Å². The van der Waals surface area contributed by atoms with Crippen LogP contribution < -0.4 is 5.32 Å². The van der Waals surface area contributed by atoms with Crippen LogP contribution >= 0.6 is 34.8 Å². The van der Waals surface area contributed by atoms with Gasteiger partial charge in [-0.05, 0) is 55.3 Å². The van der Waals surface area contributed by atoms with Gasteiger partial charge in [-0.1, -0.05) is 40.9 Å². The maximum atomic E-state index is 13.2. The molecule has 0 aliphatic carbocycles. The molecule has 6 nitrogen and oxygen atoms in total. The minimum absolute atomic E-state index is 0.0288. The Kier molecular flexibility index (Phi) is 9.87. The number of amides is 1. The molecule has 0 spiro atoms. The van der Waals surface area contributed by atoms with E-state index in [9.17, 15) is 13.2 Å². The van der Waals surface area contributed by atoms with Crippen molar-refractivity contribution in [2.75, 3.05) is 26.3 Å². The van der Waals surface area contributed by atoms with Gasteiger partial charge < -0.3 is 10.1 Å². The van der Waals surface area contributed by atoms with Crippen LogP contribution in [0.4, 0.5) is 0 Å². The summed E-state index contributed by atoms with van der Waals surface area (Å²) in [5.41, 5.74) is 0.530. The second kappa shape index (κ2) is 11.9. The van der Waals surface area contributed by atoms with Crippen molar-refractivity contribution in [3.8, 4) is 0 Å². The van der Waals surface area contributed by atoms with Crippen molar-refractivity contribution in [2.24, 2.45) is 0 Å². The van der Waals surface area contributed by atoms with Crippen LogP contribution in [0.3, 0.4) is 0 Å². The lowest BCUT2D eigenvalue weighted by Crippen LogP contribution is -2.40. The summed E-state index contributed by atoms with van der Waals surface area (Å²) in [5, 5.41) is 3.87. The zero-order valence-electron chi connectivity index (χ0n) is 16.4. The fourth-order valence-corrected chi connectivity index (χ4v) is 4.55. The van der Waals surface area contributed by atoms with Crippen molar-refractivity contribution < 1.29 is 17.9 Å². The van der Waals surface area contributed by atoms with Crippen LogP contribution in [0.2, 0.25) is 15.1 Å². The highest BCUT2D eigenvalue weighted by molar-refractivity contribution is 7.89. The monoisotopic (exact) mass is 492 g/mol. The predicted octanol–water partition coefficient (Wildman–Crippen LogP) is 4.38. The summed E-state index contributed by atoms with van der Waals surface area (Å²) >= 11 is 18.0. The van der Waals surface area contributed by atoms with E-state index in [1.54, 1.807) is 12.1 Å². The summed E-state index contributed by atoms with van der Waals surface area (Å²) in [4.78, 5) is 12.4. The molecule has 1 N–H and O–H groups in total. The minimum Gasteiger partial charge on any atom is -0.382 e. The van der Waals surface area contributed by atoms with Gasteiger partial charge in [0.2, 0.25) is 15.9 Å². The van der Waals surface area contributed by atoms with Crippen LogP contribution in [-0.4, -0.2) is 44.9 Å². The van der Waals surface area contributed by atoms with Crippen LogP contribution in [0.25, 0.3) is 0 Å². The fourth-order valence-electron chi connectivity index (χ4n) is 2.58. The van der Waals surface area contributed by atoms with E-state index in [2.05, 4.69) is 5.32 Å². The van der Waals surface area contributed by atoms with E-state index in [4.69, 9.17) is 39.5 Å². The van der Waals surface area contributed by atoms with Crippen LogP contribution in [-0.2, 0) is 26.1 Å². The number of nitrogens with one attached hydrogen (secondary N) is 1. The van der Waals surface area contributed by atoms with E-state index >= 15 is 0 Å². The third-order valence-electron chi connectivity index (χ3n) is 4.12. The van der Waals surface area contributed by atoms with E-state index in [1.807, 2.05) is 6.92 Å². The zero-order chi connectivity index (χ0) is 22.1. The van der Waals surface area contributed by atoms with E-state index < -0.39 is 15.9 Å². The van der Waals surface area contributed by atoms with Gasteiger partial charge in [0, 0.05) is 41.4 Å². The molecule has 0 unspecified atom stereocenters. The molecule has 0 saturated carbocycles. The molecule has 0 aromatic heterocycles. The SMILES string of the molecule is CCOCCCNC(=O)CN(Cc1ccc(Cl)cc1Cl)S(=O)(=O)c1ccc(Cl)cc1. The van der Waals surface area contributed by atoms with Gasteiger partial charge in [0.1, 0.15) is 0 Å². The molecular weight excluding hydrogens is 471 g/mol. The Bertz CT molecular complexity index is 953. The molecule has 2 aromatic rings. The topological polar surface area (TPSA) is 75.7 Å². The maximum Gasteiger partial charge on any atom is 0.243 e. The lowest BCUT2D eigenvalue weighted by molar-refractivity contribution is -0.121. The number of nitrogens with zero attached hydrogens (tertiary/aromatic N) is 1. The average molecular weight is 494 g/mol. The summed E-state index contributed by atoms with van der Waals surface area (Å²) in [6.45, 7) is 2.94. The molecule has 30 heavy (non-hydrogen) atoms. The fraction of sp³-hybridized carbons (Fsp3) is 0.350. The molecule has 0 aliphatic heterocycles. The first-order valence-electron chi connectivity index (χ1n) is 9.28. The summed E-state index contributed by atoms with van der Waals surface area (Å²) in [5.74, 6) is -0.422. The molecule has 164 valence electrons. The van der Waals surface area contributed by atoms with E-state index in [0.29, 0.717) is 46.8 Å². The van der Waals surface area contributed by atoms with Crippen molar-refractivity contribution in [1.82, 2.24) is 9.62 Å². The number of carbonyl (C=O) groups is 1.